The molecule has 2 aliphatic rings. The standard InChI is InChI=1S/C28H34N6O3S/c1-33(2)38(35,36)23-10-3-19(4-11-23)20-5-12-25-24(17-20)26-27(29-18-30-28(26)32-25)31-21-6-8-22(9-7-21)34-13-15-37-16-14-34/h3-5,10-12,17-18,21-22H,6-9,13-16H2,1-2H3,(H2,29,30,31,32). The molecule has 0 amide bonds. The Hall–Kier alpha value is -3.05. The number of anilines is 1. The molecule has 200 valence electrons. The van der Waals surface area contributed by atoms with E-state index < -0.39 is 10.0 Å². The fourth-order valence-corrected chi connectivity index (χ4v) is 6.67. The number of hydrogen-bond acceptors (Lipinski definition) is 7. The van der Waals surface area contributed by atoms with Crippen LogP contribution in [0.4, 0.5) is 5.82 Å². The van der Waals surface area contributed by atoms with Crippen LogP contribution in [-0.2, 0) is 14.8 Å². The zero-order valence-corrected chi connectivity index (χ0v) is 22.7. The largest absolute Gasteiger partial charge is 0.379 e. The molecule has 1 saturated heterocycles. The Morgan fingerprint density at radius 2 is 1.68 bits per heavy atom. The van der Waals surface area contributed by atoms with E-state index in [1.54, 1.807) is 18.5 Å². The third-order valence-electron chi connectivity index (χ3n) is 7.96. The van der Waals surface area contributed by atoms with Crippen molar-refractivity contribution < 1.29 is 13.2 Å². The van der Waals surface area contributed by atoms with Crippen LogP contribution < -0.4 is 5.32 Å². The van der Waals surface area contributed by atoms with E-state index >= 15 is 0 Å². The monoisotopic (exact) mass is 534 g/mol. The molecule has 0 atom stereocenters. The summed E-state index contributed by atoms with van der Waals surface area (Å²) in [5.74, 6) is 0.862. The number of rotatable bonds is 6. The number of H-pyrrole nitrogens is 1. The lowest BCUT2D eigenvalue weighted by Crippen LogP contribution is -2.46. The maximum atomic E-state index is 12.5. The van der Waals surface area contributed by atoms with Gasteiger partial charge in [-0.3, -0.25) is 4.90 Å². The Morgan fingerprint density at radius 1 is 0.974 bits per heavy atom. The summed E-state index contributed by atoms with van der Waals surface area (Å²) in [4.78, 5) is 15.5. The molecule has 3 heterocycles. The molecule has 0 spiro atoms. The number of aromatic amines is 1. The molecule has 2 fully saturated rings. The average molecular weight is 535 g/mol. The van der Waals surface area contributed by atoms with Gasteiger partial charge in [0.15, 0.2) is 0 Å². The number of sulfonamides is 1. The number of benzene rings is 2. The van der Waals surface area contributed by atoms with Crippen LogP contribution in [0.1, 0.15) is 25.7 Å². The van der Waals surface area contributed by atoms with Crippen molar-refractivity contribution in [3.8, 4) is 11.1 Å². The van der Waals surface area contributed by atoms with Gasteiger partial charge in [-0.2, -0.15) is 0 Å². The van der Waals surface area contributed by atoms with E-state index in [-0.39, 0.29) is 4.90 Å². The maximum absolute atomic E-state index is 12.5. The highest BCUT2D eigenvalue weighted by Gasteiger charge is 2.27. The topological polar surface area (TPSA) is 103 Å². The number of hydrogen-bond donors (Lipinski definition) is 2. The van der Waals surface area contributed by atoms with Crippen molar-refractivity contribution in [3.63, 3.8) is 0 Å². The molecule has 1 aliphatic heterocycles. The van der Waals surface area contributed by atoms with E-state index in [0.29, 0.717) is 12.1 Å². The molecule has 0 radical (unpaired) electrons. The Labute approximate surface area is 223 Å². The van der Waals surface area contributed by atoms with Gasteiger partial charge in [-0.1, -0.05) is 18.2 Å². The van der Waals surface area contributed by atoms with Crippen molar-refractivity contribution in [2.75, 3.05) is 45.7 Å². The highest BCUT2D eigenvalue weighted by molar-refractivity contribution is 7.89. The first kappa shape index (κ1) is 25.2. The minimum absolute atomic E-state index is 0.280. The van der Waals surface area contributed by atoms with Crippen LogP contribution in [0.25, 0.3) is 33.1 Å². The molecule has 0 unspecified atom stereocenters. The number of fused-ring (bicyclic) bond motifs is 3. The van der Waals surface area contributed by atoms with Crippen molar-refractivity contribution in [2.45, 2.75) is 42.7 Å². The molecule has 1 saturated carbocycles. The zero-order valence-electron chi connectivity index (χ0n) is 21.9. The molecule has 9 nitrogen and oxygen atoms in total. The van der Waals surface area contributed by atoms with Crippen LogP contribution in [0.15, 0.2) is 53.7 Å². The number of ether oxygens (including phenoxy) is 1. The predicted octanol–water partition coefficient (Wildman–Crippen LogP) is 4.08. The fourth-order valence-electron chi connectivity index (χ4n) is 5.76. The second-order valence-electron chi connectivity index (χ2n) is 10.4. The molecule has 10 heteroatoms. The van der Waals surface area contributed by atoms with E-state index in [0.717, 1.165) is 78.0 Å². The summed E-state index contributed by atoms with van der Waals surface area (Å²) in [5.41, 5.74) is 3.76. The van der Waals surface area contributed by atoms with Gasteiger partial charge in [-0.05, 0) is 61.1 Å². The second kappa shape index (κ2) is 10.3. The van der Waals surface area contributed by atoms with Gasteiger partial charge in [0.2, 0.25) is 10.0 Å². The van der Waals surface area contributed by atoms with Gasteiger partial charge in [0, 0.05) is 50.2 Å². The van der Waals surface area contributed by atoms with E-state index in [2.05, 4.69) is 31.2 Å². The number of aromatic nitrogens is 3. The number of nitrogens with one attached hydrogen (secondary N) is 2. The minimum Gasteiger partial charge on any atom is -0.379 e. The van der Waals surface area contributed by atoms with E-state index in [1.165, 1.54) is 31.2 Å². The average Bonchev–Trinajstić information content (AvgIpc) is 3.33. The third-order valence-corrected chi connectivity index (χ3v) is 9.78. The summed E-state index contributed by atoms with van der Waals surface area (Å²) in [6.07, 6.45) is 6.21. The van der Waals surface area contributed by atoms with E-state index in [4.69, 9.17) is 4.74 Å². The van der Waals surface area contributed by atoms with Crippen LogP contribution in [0, 0.1) is 0 Å². The molecule has 6 rings (SSSR count). The van der Waals surface area contributed by atoms with Crippen LogP contribution in [-0.4, -0.2) is 85.1 Å². The minimum atomic E-state index is -3.46. The second-order valence-corrected chi connectivity index (χ2v) is 12.6. The van der Waals surface area contributed by atoms with Gasteiger partial charge in [0.1, 0.15) is 17.8 Å². The van der Waals surface area contributed by atoms with Gasteiger partial charge in [-0.15, -0.1) is 0 Å². The van der Waals surface area contributed by atoms with Gasteiger partial charge >= 0.3 is 0 Å². The molecule has 1 aliphatic carbocycles. The zero-order chi connectivity index (χ0) is 26.3. The van der Waals surface area contributed by atoms with Gasteiger partial charge in [0.05, 0.1) is 23.5 Å². The van der Waals surface area contributed by atoms with Crippen molar-refractivity contribution in [1.29, 1.82) is 0 Å². The van der Waals surface area contributed by atoms with Crippen molar-refractivity contribution in [3.05, 3.63) is 48.8 Å². The van der Waals surface area contributed by atoms with E-state index in [1.807, 2.05) is 24.3 Å². The third kappa shape index (κ3) is 4.77. The summed E-state index contributed by atoms with van der Waals surface area (Å²) >= 11 is 0. The normalized spacial score (nSPS) is 21.3. The quantitative estimate of drug-likeness (QED) is 0.384. The van der Waals surface area contributed by atoms with Gasteiger partial charge in [-0.25, -0.2) is 22.7 Å². The Morgan fingerprint density at radius 3 is 2.39 bits per heavy atom. The molecule has 2 aromatic carbocycles. The van der Waals surface area contributed by atoms with Crippen LogP contribution >= 0.6 is 0 Å². The first-order valence-electron chi connectivity index (χ1n) is 13.3. The van der Waals surface area contributed by atoms with Crippen molar-refractivity contribution >= 4 is 37.8 Å². The molecule has 0 bridgehead atoms. The summed E-state index contributed by atoms with van der Waals surface area (Å²) in [6.45, 7) is 3.78. The summed E-state index contributed by atoms with van der Waals surface area (Å²) in [5, 5.41) is 5.77. The SMILES string of the molecule is CN(C)S(=O)(=O)c1ccc(-c2ccc3[nH]c4ncnc(NC5CCC(N6CCOCC6)CC5)c4c3c2)cc1. The first-order chi connectivity index (χ1) is 18.4. The molecule has 4 aromatic rings. The van der Waals surface area contributed by atoms with E-state index in [9.17, 15) is 8.42 Å². The number of nitrogens with zero attached hydrogens (tertiary/aromatic N) is 4. The Balaban J connectivity index is 1.26. The van der Waals surface area contributed by atoms with Crippen LogP contribution in [0.3, 0.4) is 0 Å². The summed E-state index contributed by atoms with van der Waals surface area (Å²) < 4.78 is 31.7. The van der Waals surface area contributed by atoms with Gasteiger partial charge in [0.25, 0.3) is 0 Å². The Kier molecular flexibility index (Phi) is 6.81. The smallest absolute Gasteiger partial charge is 0.242 e. The summed E-state index contributed by atoms with van der Waals surface area (Å²) in [6, 6.07) is 14.3. The predicted molar refractivity (Wildman–Crippen MR) is 150 cm³/mol. The molecule has 38 heavy (non-hydrogen) atoms. The highest BCUT2D eigenvalue weighted by Crippen LogP contribution is 2.34. The number of morpholine rings is 1. The lowest BCUT2D eigenvalue weighted by Gasteiger charge is -2.39. The van der Waals surface area contributed by atoms with Crippen molar-refractivity contribution in [2.24, 2.45) is 0 Å². The molecule has 2 aromatic heterocycles. The fraction of sp³-hybridized carbons (Fsp3) is 0.429. The van der Waals surface area contributed by atoms with Gasteiger partial charge < -0.3 is 15.0 Å². The molecule has 2 N–H and O–H groups in total. The Bertz CT molecular complexity index is 1540. The maximum Gasteiger partial charge on any atom is 0.242 e. The molecular formula is C28H34N6O3S. The van der Waals surface area contributed by atoms with Crippen molar-refractivity contribution in [1.82, 2.24) is 24.2 Å². The lowest BCUT2D eigenvalue weighted by atomic mass is 9.90. The van der Waals surface area contributed by atoms with Crippen LogP contribution in [0.2, 0.25) is 0 Å². The van der Waals surface area contributed by atoms with Crippen LogP contribution in [0.5, 0.6) is 0 Å². The molecular weight excluding hydrogens is 500 g/mol. The highest BCUT2D eigenvalue weighted by atomic mass is 32.2. The first-order valence-corrected chi connectivity index (χ1v) is 14.7. The summed E-state index contributed by atoms with van der Waals surface area (Å²) in [7, 11) is -0.386. The lowest BCUT2D eigenvalue weighted by molar-refractivity contribution is 0.00791.